The van der Waals surface area contributed by atoms with Crippen LogP contribution in [0, 0.1) is 12.8 Å². The fraction of sp³-hybridized carbons (Fsp3) is 0.444. The second kappa shape index (κ2) is 13.8. The van der Waals surface area contributed by atoms with Crippen molar-refractivity contribution in [2.75, 3.05) is 18.4 Å². The SMILES string of the molecule is Cc1ccc2c(CCC(O)C(C)C)cccc2c1Oc1ncccc1-c1ccnc(N[C@H]2CCCN(C(=O)OC(C)(C)C)C2)n1. The molecule has 1 unspecified atom stereocenters. The molecule has 2 aromatic carbocycles. The Bertz CT molecular complexity index is 1630. The third-order valence-electron chi connectivity index (χ3n) is 8.09. The van der Waals surface area contributed by atoms with Crippen molar-refractivity contribution in [3.63, 3.8) is 0 Å². The lowest BCUT2D eigenvalue weighted by Gasteiger charge is -2.34. The normalized spacial score (nSPS) is 16.1. The Morgan fingerprint density at radius 1 is 1.07 bits per heavy atom. The number of aromatic nitrogens is 3. The molecule has 0 saturated carbocycles. The molecule has 0 bridgehead atoms. The van der Waals surface area contributed by atoms with Gasteiger partial charge in [-0.2, -0.15) is 0 Å². The molecule has 5 rings (SSSR count). The first-order chi connectivity index (χ1) is 21.5. The largest absolute Gasteiger partial charge is 0.444 e. The van der Waals surface area contributed by atoms with E-state index in [-0.39, 0.29) is 24.2 Å². The summed E-state index contributed by atoms with van der Waals surface area (Å²) in [6.45, 7) is 12.9. The second-order valence-corrected chi connectivity index (χ2v) is 13.2. The Morgan fingerprint density at radius 2 is 1.89 bits per heavy atom. The van der Waals surface area contributed by atoms with Gasteiger partial charge in [-0.25, -0.2) is 19.7 Å². The number of pyridine rings is 1. The van der Waals surface area contributed by atoms with Crippen LogP contribution >= 0.6 is 0 Å². The van der Waals surface area contributed by atoms with Crippen molar-refractivity contribution in [3.8, 4) is 22.9 Å². The Hall–Kier alpha value is -4.24. The topological polar surface area (TPSA) is 110 Å². The number of hydrogen-bond acceptors (Lipinski definition) is 8. The van der Waals surface area contributed by atoms with Gasteiger partial charge in [-0.1, -0.05) is 44.2 Å². The molecule has 0 aliphatic carbocycles. The van der Waals surface area contributed by atoms with Crippen molar-refractivity contribution >= 4 is 22.8 Å². The fourth-order valence-electron chi connectivity index (χ4n) is 5.61. The first-order valence-electron chi connectivity index (χ1n) is 15.9. The van der Waals surface area contributed by atoms with Crippen LogP contribution in [-0.2, 0) is 11.2 Å². The molecule has 1 amide bonds. The van der Waals surface area contributed by atoms with Crippen molar-refractivity contribution < 1.29 is 19.4 Å². The van der Waals surface area contributed by atoms with E-state index in [1.165, 1.54) is 5.56 Å². The molecule has 3 heterocycles. The van der Waals surface area contributed by atoms with Crippen LogP contribution in [0.5, 0.6) is 11.6 Å². The number of fused-ring (bicyclic) bond motifs is 1. The standard InChI is InChI=1S/C36H45N5O4/c1-23(2)31(42)17-15-25-10-7-12-28-27(25)16-14-24(3)32(28)44-33-29(13-8-19-37-33)30-18-20-38-34(40-30)39-26-11-9-21-41(22-26)35(43)45-36(4,5)6/h7-8,10,12-14,16,18-20,23,26,31,42H,9,11,15,17,21-22H2,1-6H3,(H,38,39,40)/t26-,31?/m0/s1. The highest BCUT2D eigenvalue weighted by atomic mass is 16.6. The molecular weight excluding hydrogens is 566 g/mol. The number of aryl methyl sites for hydroxylation is 2. The van der Waals surface area contributed by atoms with Crippen LogP contribution in [0.3, 0.4) is 0 Å². The number of rotatable bonds is 9. The van der Waals surface area contributed by atoms with E-state index in [9.17, 15) is 9.90 Å². The van der Waals surface area contributed by atoms with Crippen LogP contribution in [0.2, 0.25) is 0 Å². The molecule has 1 fully saturated rings. The summed E-state index contributed by atoms with van der Waals surface area (Å²) in [5.74, 6) is 1.89. The quantitative estimate of drug-likeness (QED) is 0.200. The average molecular weight is 612 g/mol. The van der Waals surface area contributed by atoms with E-state index in [0.29, 0.717) is 37.0 Å². The first-order valence-corrected chi connectivity index (χ1v) is 15.9. The molecule has 45 heavy (non-hydrogen) atoms. The summed E-state index contributed by atoms with van der Waals surface area (Å²) in [5, 5.41) is 15.9. The Labute approximate surface area is 266 Å². The molecule has 4 aromatic rings. The Morgan fingerprint density at radius 3 is 2.67 bits per heavy atom. The third-order valence-corrected chi connectivity index (χ3v) is 8.09. The fourth-order valence-corrected chi connectivity index (χ4v) is 5.61. The molecule has 9 nitrogen and oxygen atoms in total. The maximum Gasteiger partial charge on any atom is 0.410 e. The van der Waals surface area contributed by atoms with Crippen LogP contribution in [0.1, 0.15) is 65.0 Å². The van der Waals surface area contributed by atoms with E-state index in [2.05, 4.69) is 39.6 Å². The number of anilines is 1. The zero-order valence-corrected chi connectivity index (χ0v) is 27.2. The minimum absolute atomic E-state index is 0.000293. The molecule has 2 N–H and O–H groups in total. The maximum absolute atomic E-state index is 12.7. The van der Waals surface area contributed by atoms with Gasteiger partial charge in [0, 0.05) is 36.9 Å². The lowest BCUT2D eigenvalue weighted by molar-refractivity contribution is 0.0206. The van der Waals surface area contributed by atoms with E-state index in [1.54, 1.807) is 17.3 Å². The number of ether oxygens (including phenoxy) is 2. The second-order valence-electron chi connectivity index (χ2n) is 13.2. The van der Waals surface area contributed by atoms with Gasteiger partial charge in [0.15, 0.2) is 0 Å². The van der Waals surface area contributed by atoms with Gasteiger partial charge in [0.2, 0.25) is 11.8 Å². The number of likely N-dealkylation sites (tertiary alicyclic amines) is 1. The Kier molecular flexibility index (Phi) is 9.87. The van der Waals surface area contributed by atoms with Gasteiger partial charge in [-0.3, -0.25) is 0 Å². The summed E-state index contributed by atoms with van der Waals surface area (Å²) in [6, 6.07) is 16.1. The predicted octanol–water partition coefficient (Wildman–Crippen LogP) is 7.55. The molecule has 1 aliphatic heterocycles. The number of hydrogen-bond donors (Lipinski definition) is 2. The van der Waals surface area contributed by atoms with E-state index in [4.69, 9.17) is 14.5 Å². The summed E-state index contributed by atoms with van der Waals surface area (Å²) in [5.41, 5.74) is 3.06. The Balaban J connectivity index is 1.37. The average Bonchev–Trinajstić information content (AvgIpc) is 3.00. The van der Waals surface area contributed by atoms with Gasteiger partial charge in [0.25, 0.3) is 0 Å². The molecule has 2 aromatic heterocycles. The van der Waals surface area contributed by atoms with E-state index >= 15 is 0 Å². The number of nitrogens with zero attached hydrogens (tertiary/aromatic N) is 4. The number of amides is 1. The predicted molar refractivity (Wildman–Crippen MR) is 178 cm³/mol. The number of carbonyl (C=O) groups is 1. The number of nitrogens with one attached hydrogen (secondary N) is 1. The molecule has 2 atom stereocenters. The zero-order valence-electron chi connectivity index (χ0n) is 27.2. The highest BCUT2D eigenvalue weighted by Gasteiger charge is 2.28. The van der Waals surface area contributed by atoms with Gasteiger partial charge < -0.3 is 24.8 Å². The van der Waals surface area contributed by atoms with Gasteiger partial charge in [0.05, 0.1) is 17.4 Å². The number of aliphatic hydroxyl groups excluding tert-OH is 1. The van der Waals surface area contributed by atoms with E-state index in [0.717, 1.165) is 46.9 Å². The lowest BCUT2D eigenvalue weighted by Crippen LogP contribution is -2.47. The summed E-state index contributed by atoms with van der Waals surface area (Å²) in [6.07, 6.45) is 6.03. The lowest BCUT2D eigenvalue weighted by atomic mass is 9.95. The monoisotopic (exact) mass is 611 g/mol. The van der Waals surface area contributed by atoms with Crippen molar-refractivity contribution in [3.05, 3.63) is 72.1 Å². The number of piperidine rings is 1. The van der Waals surface area contributed by atoms with Crippen LogP contribution in [0.4, 0.5) is 10.7 Å². The van der Waals surface area contributed by atoms with Gasteiger partial charge in [-0.05, 0) is 94.0 Å². The molecule has 1 aliphatic rings. The number of carbonyl (C=O) groups excluding carboxylic acids is 1. The van der Waals surface area contributed by atoms with Crippen molar-refractivity contribution in [2.24, 2.45) is 5.92 Å². The first kappa shape index (κ1) is 32.2. The summed E-state index contributed by atoms with van der Waals surface area (Å²) in [7, 11) is 0. The third kappa shape index (κ3) is 8.08. The number of benzene rings is 2. The summed E-state index contributed by atoms with van der Waals surface area (Å²) < 4.78 is 12.2. The van der Waals surface area contributed by atoms with Gasteiger partial charge in [0.1, 0.15) is 11.4 Å². The maximum atomic E-state index is 12.7. The molecule has 238 valence electrons. The summed E-state index contributed by atoms with van der Waals surface area (Å²) >= 11 is 0. The van der Waals surface area contributed by atoms with E-state index in [1.807, 2.05) is 65.8 Å². The number of aliphatic hydroxyl groups is 1. The minimum Gasteiger partial charge on any atom is -0.444 e. The van der Waals surface area contributed by atoms with Crippen molar-refractivity contribution in [1.29, 1.82) is 0 Å². The highest BCUT2D eigenvalue weighted by Crippen LogP contribution is 2.38. The molecule has 0 radical (unpaired) electrons. The van der Waals surface area contributed by atoms with Crippen LogP contribution in [-0.4, -0.2) is 61.9 Å². The van der Waals surface area contributed by atoms with Crippen LogP contribution in [0.25, 0.3) is 22.0 Å². The van der Waals surface area contributed by atoms with Gasteiger partial charge in [-0.15, -0.1) is 0 Å². The molecule has 1 saturated heterocycles. The summed E-state index contributed by atoms with van der Waals surface area (Å²) in [4.78, 5) is 28.3. The minimum atomic E-state index is -0.539. The molecular formula is C36H45N5O4. The smallest absolute Gasteiger partial charge is 0.410 e. The zero-order chi connectivity index (χ0) is 32.1. The molecule has 0 spiro atoms. The van der Waals surface area contributed by atoms with Crippen molar-refractivity contribution in [1.82, 2.24) is 19.9 Å². The van der Waals surface area contributed by atoms with Crippen LogP contribution < -0.4 is 10.1 Å². The van der Waals surface area contributed by atoms with Crippen LogP contribution in [0.15, 0.2) is 60.9 Å². The van der Waals surface area contributed by atoms with Crippen molar-refractivity contribution in [2.45, 2.75) is 85.0 Å². The molecule has 9 heteroatoms. The van der Waals surface area contributed by atoms with E-state index < -0.39 is 5.60 Å². The highest BCUT2D eigenvalue weighted by molar-refractivity contribution is 5.92. The van der Waals surface area contributed by atoms with Gasteiger partial charge >= 0.3 is 6.09 Å².